The molecule has 0 saturated carbocycles. The van der Waals surface area contributed by atoms with Crippen LogP contribution in [0, 0.1) is 0 Å². The third-order valence-electron chi connectivity index (χ3n) is 3.87. The Balaban J connectivity index is 1.92. The number of carbonyl (C=O) groups excluding carboxylic acids is 2. The monoisotopic (exact) mass is 348 g/mol. The number of carboxylic acids is 1. The van der Waals surface area contributed by atoms with E-state index in [2.05, 4.69) is 0 Å². The van der Waals surface area contributed by atoms with E-state index in [1.54, 1.807) is 28.0 Å². The molecule has 25 heavy (non-hydrogen) atoms. The van der Waals surface area contributed by atoms with Gasteiger partial charge in [-0.05, 0) is 32.4 Å². The average molecular weight is 348 g/mol. The number of ether oxygens (including phenoxy) is 1. The number of carbonyl (C=O) groups is 3. The van der Waals surface area contributed by atoms with Gasteiger partial charge in [-0.3, -0.25) is 4.79 Å². The Kier molecular flexibility index (Phi) is 5.66. The van der Waals surface area contributed by atoms with Crippen molar-refractivity contribution in [3.63, 3.8) is 0 Å². The van der Waals surface area contributed by atoms with Crippen LogP contribution < -0.4 is 0 Å². The molecule has 0 aromatic heterocycles. The van der Waals surface area contributed by atoms with Crippen LogP contribution in [0.3, 0.4) is 0 Å². The normalized spacial score (nSPS) is 15.0. The predicted octanol–water partition coefficient (Wildman–Crippen LogP) is 2.01. The van der Waals surface area contributed by atoms with E-state index in [-0.39, 0.29) is 24.0 Å². The van der Waals surface area contributed by atoms with Gasteiger partial charge < -0.3 is 19.6 Å². The zero-order valence-electron chi connectivity index (χ0n) is 14.8. The second-order valence-corrected chi connectivity index (χ2v) is 6.99. The summed E-state index contributed by atoms with van der Waals surface area (Å²) in [5, 5.41) is 9.19. The van der Waals surface area contributed by atoms with Gasteiger partial charge in [-0.2, -0.15) is 0 Å². The second-order valence-electron chi connectivity index (χ2n) is 6.99. The van der Waals surface area contributed by atoms with Gasteiger partial charge in [-0.15, -0.1) is 0 Å². The standard InChI is InChI=1S/C18H24N2O5/c1-18(2,3)25-17(24)20-10-8-19(9-11-20)15(21)12-13-6-4-5-7-14(13)16(22)23/h4-7H,8-12H2,1-3H3,(H,22,23). The van der Waals surface area contributed by atoms with Gasteiger partial charge >= 0.3 is 12.1 Å². The largest absolute Gasteiger partial charge is 0.478 e. The molecule has 0 unspecified atom stereocenters. The summed E-state index contributed by atoms with van der Waals surface area (Å²) in [6, 6.07) is 6.50. The molecule has 2 rings (SSSR count). The van der Waals surface area contributed by atoms with Gasteiger partial charge in [0.1, 0.15) is 5.60 Å². The number of rotatable bonds is 3. The van der Waals surface area contributed by atoms with Crippen molar-refractivity contribution < 1.29 is 24.2 Å². The van der Waals surface area contributed by atoms with Gasteiger partial charge in [-0.25, -0.2) is 9.59 Å². The van der Waals surface area contributed by atoms with Crippen molar-refractivity contribution in [3.05, 3.63) is 35.4 Å². The first-order valence-corrected chi connectivity index (χ1v) is 8.24. The Bertz CT molecular complexity index is 658. The number of amides is 2. The highest BCUT2D eigenvalue weighted by molar-refractivity contribution is 5.91. The predicted molar refractivity (Wildman–Crippen MR) is 91.5 cm³/mol. The summed E-state index contributed by atoms with van der Waals surface area (Å²) >= 11 is 0. The zero-order valence-corrected chi connectivity index (χ0v) is 14.8. The fourth-order valence-electron chi connectivity index (χ4n) is 2.62. The molecule has 0 bridgehead atoms. The minimum Gasteiger partial charge on any atom is -0.478 e. The van der Waals surface area contributed by atoms with Crippen molar-refractivity contribution in [2.75, 3.05) is 26.2 Å². The fraction of sp³-hybridized carbons (Fsp3) is 0.500. The summed E-state index contributed by atoms with van der Waals surface area (Å²) in [5.74, 6) is -1.18. The Hall–Kier alpha value is -2.57. The van der Waals surface area contributed by atoms with Gasteiger partial charge in [0.05, 0.1) is 12.0 Å². The van der Waals surface area contributed by atoms with Crippen LogP contribution >= 0.6 is 0 Å². The molecule has 1 aliphatic rings. The van der Waals surface area contributed by atoms with Gasteiger partial charge in [0.25, 0.3) is 0 Å². The molecule has 0 aliphatic carbocycles. The van der Waals surface area contributed by atoms with Crippen LogP contribution in [0.4, 0.5) is 4.79 Å². The summed E-state index contributed by atoms with van der Waals surface area (Å²) in [6.07, 6.45) is -0.342. The summed E-state index contributed by atoms with van der Waals surface area (Å²) in [5.41, 5.74) is 0.0859. The molecule has 1 N–H and O–H groups in total. The van der Waals surface area contributed by atoms with Crippen LogP contribution in [0.15, 0.2) is 24.3 Å². The molecule has 0 spiro atoms. The number of benzene rings is 1. The van der Waals surface area contributed by atoms with Crippen molar-refractivity contribution in [3.8, 4) is 0 Å². The molecule has 1 aromatic carbocycles. The maximum absolute atomic E-state index is 12.4. The van der Waals surface area contributed by atoms with Crippen LogP contribution in [-0.2, 0) is 16.0 Å². The van der Waals surface area contributed by atoms with Gasteiger partial charge in [0.15, 0.2) is 0 Å². The lowest BCUT2D eigenvalue weighted by atomic mass is 10.0. The molecule has 1 aromatic rings. The molecular formula is C18H24N2O5. The Morgan fingerprint density at radius 3 is 2.16 bits per heavy atom. The van der Waals surface area contributed by atoms with E-state index >= 15 is 0 Å². The first-order valence-electron chi connectivity index (χ1n) is 8.24. The van der Waals surface area contributed by atoms with Crippen LogP contribution in [0.2, 0.25) is 0 Å². The lowest BCUT2D eigenvalue weighted by molar-refractivity contribution is -0.132. The highest BCUT2D eigenvalue weighted by Gasteiger charge is 2.28. The third kappa shape index (κ3) is 5.20. The zero-order chi connectivity index (χ0) is 18.6. The number of hydrogen-bond donors (Lipinski definition) is 1. The molecule has 1 aliphatic heterocycles. The maximum Gasteiger partial charge on any atom is 0.410 e. The van der Waals surface area contributed by atoms with Crippen LogP contribution in [0.5, 0.6) is 0 Å². The number of carboxylic acid groups (broad SMARTS) is 1. The minimum absolute atomic E-state index is 0.0366. The smallest absolute Gasteiger partial charge is 0.410 e. The van der Waals surface area contributed by atoms with Crippen molar-refractivity contribution in [1.29, 1.82) is 0 Å². The van der Waals surface area contributed by atoms with Gasteiger partial charge in [-0.1, -0.05) is 18.2 Å². The SMILES string of the molecule is CC(C)(C)OC(=O)N1CCN(C(=O)Cc2ccccc2C(=O)O)CC1. The highest BCUT2D eigenvalue weighted by atomic mass is 16.6. The molecule has 2 amide bonds. The molecule has 7 heteroatoms. The lowest BCUT2D eigenvalue weighted by Gasteiger charge is -2.35. The van der Waals surface area contributed by atoms with E-state index < -0.39 is 11.6 Å². The molecule has 1 heterocycles. The minimum atomic E-state index is -1.04. The fourth-order valence-corrected chi connectivity index (χ4v) is 2.62. The van der Waals surface area contributed by atoms with Crippen LogP contribution in [-0.4, -0.2) is 64.7 Å². The van der Waals surface area contributed by atoms with Crippen LogP contribution in [0.25, 0.3) is 0 Å². The summed E-state index contributed by atoms with van der Waals surface area (Å²) in [6.45, 7) is 7.06. The van der Waals surface area contributed by atoms with E-state index in [4.69, 9.17) is 4.74 Å². The topological polar surface area (TPSA) is 87.2 Å². The van der Waals surface area contributed by atoms with E-state index in [0.29, 0.717) is 31.7 Å². The van der Waals surface area contributed by atoms with E-state index in [1.165, 1.54) is 6.07 Å². The first-order chi connectivity index (χ1) is 11.7. The number of nitrogens with zero attached hydrogens (tertiary/aromatic N) is 2. The lowest BCUT2D eigenvalue weighted by Crippen LogP contribution is -2.52. The molecule has 0 atom stereocenters. The Morgan fingerprint density at radius 2 is 1.60 bits per heavy atom. The number of piperazine rings is 1. The van der Waals surface area contributed by atoms with Crippen molar-refractivity contribution in [1.82, 2.24) is 9.80 Å². The van der Waals surface area contributed by atoms with Crippen molar-refractivity contribution >= 4 is 18.0 Å². The van der Waals surface area contributed by atoms with Crippen LogP contribution in [0.1, 0.15) is 36.7 Å². The maximum atomic E-state index is 12.4. The van der Waals surface area contributed by atoms with E-state index in [0.717, 1.165) is 0 Å². The Morgan fingerprint density at radius 1 is 1.04 bits per heavy atom. The third-order valence-corrected chi connectivity index (χ3v) is 3.87. The Labute approximate surface area is 147 Å². The average Bonchev–Trinajstić information content (AvgIpc) is 2.53. The molecule has 7 nitrogen and oxygen atoms in total. The molecule has 1 saturated heterocycles. The molecular weight excluding hydrogens is 324 g/mol. The second kappa shape index (κ2) is 7.55. The molecule has 1 fully saturated rings. The molecule has 136 valence electrons. The summed E-state index contributed by atoms with van der Waals surface area (Å²) in [7, 11) is 0. The van der Waals surface area contributed by atoms with Crippen molar-refractivity contribution in [2.45, 2.75) is 32.8 Å². The van der Waals surface area contributed by atoms with E-state index in [1.807, 2.05) is 20.8 Å². The highest BCUT2D eigenvalue weighted by Crippen LogP contribution is 2.14. The summed E-state index contributed by atoms with van der Waals surface area (Å²) < 4.78 is 5.33. The van der Waals surface area contributed by atoms with Gasteiger partial charge in [0, 0.05) is 26.2 Å². The first kappa shape index (κ1) is 18.8. The molecule has 0 radical (unpaired) electrons. The quantitative estimate of drug-likeness (QED) is 0.903. The van der Waals surface area contributed by atoms with Gasteiger partial charge in [0.2, 0.25) is 5.91 Å². The van der Waals surface area contributed by atoms with Crippen molar-refractivity contribution in [2.24, 2.45) is 0 Å². The summed E-state index contributed by atoms with van der Waals surface area (Å²) in [4.78, 5) is 38.9. The number of aromatic carboxylic acids is 1. The number of hydrogen-bond acceptors (Lipinski definition) is 4. The van der Waals surface area contributed by atoms with E-state index in [9.17, 15) is 19.5 Å².